The molecule has 3 aromatic heterocycles. The van der Waals surface area contributed by atoms with Crippen molar-refractivity contribution in [3.8, 4) is 11.8 Å². The molecule has 5 rings (SSSR count). The van der Waals surface area contributed by atoms with E-state index in [-0.39, 0.29) is 23.7 Å². The summed E-state index contributed by atoms with van der Waals surface area (Å²) in [6.07, 6.45) is 6.52. The van der Waals surface area contributed by atoms with Gasteiger partial charge in [0.25, 0.3) is 5.91 Å². The Morgan fingerprint density at radius 3 is 2.58 bits per heavy atom. The predicted octanol–water partition coefficient (Wildman–Crippen LogP) is 3.53. The number of nitrogens with two attached hydrogens (primary N) is 1. The third-order valence-electron chi connectivity index (χ3n) is 5.82. The fourth-order valence-electron chi connectivity index (χ4n) is 4.23. The normalized spacial score (nSPS) is 15.5. The number of likely N-dealkylation sites (tertiary alicyclic amines) is 1. The molecule has 0 saturated carbocycles. The largest absolute Gasteiger partial charge is 0.368 e. The Morgan fingerprint density at radius 1 is 1.09 bits per heavy atom. The van der Waals surface area contributed by atoms with E-state index in [2.05, 4.69) is 26.9 Å². The highest BCUT2D eigenvalue weighted by Crippen LogP contribution is 2.34. The van der Waals surface area contributed by atoms with Gasteiger partial charge in [-0.15, -0.1) is 0 Å². The van der Waals surface area contributed by atoms with E-state index in [0.717, 1.165) is 24.1 Å². The Kier molecular flexibility index (Phi) is 5.23. The van der Waals surface area contributed by atoms with E-state index >= 15 is 0 Å². The fraction of sp³-hybridized carbons (Fsp3) is 0.200. The van der Waals surface area contributed by atoms with Crippen LogP contribution in [-0.4, -0.2) is 36.9 Å². The molecule has 0 unspecified atom stereocenters. The fourth-order valence-corrected chi connectivity index (χ4v) is 4.23. The van der Waals surface area contributed by atoms with Crippen molar-refractivity contribution < 1.29 is 9.18 Å². The summed E-state index contributed by atoms with van der Waals surface area (Å²) >= 11 is 0. The van der Waals surface area contributed by atoms with Gasteiger partial charge in [0, 0.05) is 30.2 Å². The Hall–Kier alpha value is -4.25. The zero-order valence-electron chi connectivity index (χ0n) is 18.0. The molecule has 1 aliphatic rings. The molecule has 0 radical (unpaired) electrons. The minimum atomic E-state index is -0.283. The van der Waals surface area contributed by atoms with E-state index in [4.69, 9.17) is 5.73 Å². The summed E-state index contributed by atoms with van der Waals surface area (Å²) in [5.41, 5.74) is 9.89. The van der Waals surface area contributed by atoms with Crippen molar-refractivity contribution in [2.75, 3.05) is 12.3 Å². The minimum absolute atomic E-state index is 0.0636. The second-order valence-electron chi connectivity index (χ2n) is 8.03. The SMILES string of the molecule is Cc1cc(C(=O)N2CCC[C@H]2c2ccc(F)cc2)c2cc(C#Cc3cnc(N)nc3)cnn12. The van der Waals surface area contributed by atoms with Gasteiger partial charge in [-0.1, -0.05) is 24.0 Å². The Bertz CT molecular complexity index is 1400. The maximum absolute atomic E-state index is 13.6. The van der Waals surface area contributed by atoms with Crippen LogP contribution in [0.2, 0.25) is 0 Å². The van der Waals surface area contributed by atoms with Crippen LogP contribution in [0, 0.1) is 24.6 Å². The van der Waals surface area contributed by atoms with Gasteiger partial charge in [-0.3, -0.25) is 4.79 Å². The van der Waals surface area contributed by atoms with Crippen molar-refractivity contribution in [1.29, 1.82) is 0 Å². The van der Waals surface area contributed by atoms with Crippen LogP contribution in [0.25, 0.3) is 5.52 Å². The highest BCUT2D eigenvalue weighted by molar-refractivity contribution is 6.01. The lowest BCUT2D eigenvalue weighted by atomic mass is 10.0. The highest BCUT2D eigenvalue weighted by Gasteiger charge is 2.32. The molecule has 0 spiro atoms. The lowest BCUT2D eigenvalue weighted by Crippen LogP contribution is -2.30. The molecule has 1 aromatic carbocycles. The van der Waals surface area contributed by atoms with Gasteiger partial charge < -0.3 is 10.6 Å². The number of rotatable bonds is 2. The quantitative estimate of drug-likeness (QED) is 0.482. The van der Waals surface area contributed by atoms with Crippen molar-refractivity contribution in [2.45, 2.75) is 25.8 Å². The first-order valence-corrected chi connectivity index (χ1v) is 10.6. The maximum atomic E-state index is 13.6. The number of carbonyl (C=O) groups is 1. The van der Waals surface area contributed by atoms with Crippen molar-refractivity contribution in [3.63, 3.8) is 0 Å². The zero-order chi connectivity index (χ0) is 22.9. The molecular formula is C25H21FN6O. The standard InChI is InChI=1S/C25H21FN6O/c1-16-11-21(24(33)31-10-2-3-22(31)19-6-8-20(26)9-7-19)23-12-17(15-30-32(16)23)4-5-18-13-28-25(27)29-14-18/h6-9,11-15,22H,2-3,10H2,1H3,(H2,27,28,29)/t22-/m0/s1. The summed E-state index contributed by atoms with van der Waals surface area (Å²) in [6.45, 7) is 2.57. The van der Waals surface area contributed by atoms with Crippen molar-refractivity contribution in [3.05, 3.63) is 88.8 Å². The van der Waals surface area contributed by atoms with E-state index in [9.17, 15) is 9.18 Å². The van der Waals surface area contributed by atoms with E-state index in [1.165, 1.54) is 12.1 Å². The number of hydrogen-bond donors (Lipinski definition) is 1. The van der Waals surface area contributed by atoms with Crippen LogP contribution in [0.1, 0.15) is 51.6 Å². The number of aryl methyl sites for hydroxylation is 1. The van der Waals surface area contributed by atoms with Crippen LogP contribution in [0.15, 0.2) is 55.0 Å². The average Bonchev–Trinajstić information content (AvgIpc) is 3.44. The number of carbonyl (C=O) groups excluding carboxylic acids is 1. The van der Waals surface area contributed by atoms with Gasteiger partial charge >= 0.3 is 0 Å². The van der Waals surface area contributed by atoms with E-state index in [0.29, 0.717) is 28.8 Å². The summed E-state index contributed by atoms with van der Waals surface area (Å²) in [5.74, 6) is 5.89. The second kappa shape index (κ2) is 8.36. The first-order chi connectivity index (χ1) is 16.0. The van der Waals surface area contributed by atoms with E-state index < -0.39 is 0 Å². The third kappa shape index (κ3) is 4.01. The molecule has 7 nitrogen and oxygen atoms in total. The molecule has 4 heterocycles. The van der Waals surface area contributed by atoms with Gasteiger partial charge in [0.05, 0.1) is 28.9 Å². The number of anilines is 1. The molecular weight excluding hydrogens is 419 g/mol. The summed E-state index contributed by atoms with van der Waals surface area (Å²) in [6, 6.07) is 10.0. The second-order valence-corrected chi connectivity index (χ2v) is 8.03. The molecule has 1 saturated heterocycles. The molecule has 8 heteroatoms. The van der Waals surface area contributed by atoms with Crippen LogP contribution in [0.4, 0.5) is 10.3 Å². The maximum Gasteiger partial charge on any atom is 0.256 e. The first-order valence-electron chi connectivity index (χ1n) is 10.6. The van der Waals surface area contributed by atoms with Gasteiger partial charge in [0.15, 0.2) is 0 Å². The van der Waals surface area contributed by atoms with Crippen molar-refractivity contribution >= 4 is 17.4 Å². The van der Waals surface area contributed by atoms with Crippen LogP contribution in [-0.2, 0) is 0 Å². The summed E-state index contributed by atoms with van der Waals surface area (Å²) in [7, 11) is 0. The molecule has 164 valence electrons. The number of hydrogen-bond acceptors (Lipinski definition) is 5. The number of amides is 1. The van der Waals surface area contributed by atoms with Gasteiger partial charge in [-0.25, -0.2) is 18.9 Å². The molecule has 1 fully saturated rings. The molecule has 0 aliphatic carbocycles. The minimum Gasteiger partial charge on any atom is -0.368 e. The van der Waals surface area contributed by atoms with Crippen LogP contribution in [0.3, 0.4) is 0 Å². The number of fused-ring (bicyclic) bond motifs is 1. The van der Waals surface area contributed by atoms with Crippen molar-refractivity contribution in [2.24, 2.45) is 0 Å². The topological polar surface area (TPSA) is 89.4 Å². The predicted molar refractivity (Wildman–Crippen MR) is 122 cm³/mol. The van der Waals surface area contributed by atoms with E-state index in [1.54, 1.807) is 35.2 Å². The van der Waals surface area contributed by atoms with Gasteiger partial charge in [-0.05, 0) is 49.6 Å². The van der Waals surface area contributed by atoms with Crippen LogP contribution >= 0.6 is 0 Å². The number of nitrogens with zero attached hydrogens (tertiary/aromatic N) is 5. The monoisotopic (exact) mass is 440 g/mol. The summed E-state index contributed by atoms with van der Waals surface area (Å²) in [4.78, 5) is 23.3. The lowest BCUT2D eigenvalue weighted by Gasteiger charge is -2.25. The molecule has 4 aromatic rings. The third-order valence-corrected chi connectivity index (χ3v) is 5.82. The van der Waals surface area contributed by atoms with Crippen molar-refractivity contribution in [1.82, 2.24) is 24.5 Å². The Morgan fingerprint density at radius 2 is 1.82 bits per heavy atom. The molecule has 2 N–H and O–H groups in total. The molecule has 1 aliphatic heterocycles. The number of aromatic nitrogens is 4. The summed E-state index contributed by atoms with van der Waals surface area (Å²) in [5, 5.41) is 4.47. The molecule has 0 bridgehead atoms. The number of benzene rings is 1. The molecule has 33 heavy (non-hydrogen) atoms. The highest BCUT2D eigenvalue weighted by atomic mass is 19.1. The smallest absolute Gasteiger partial charge is 0.256 e. The van der Waals surface area contributed by atoms with Crippen LogP contribution < -0.4 is 5.73 Å². The first kappa shape index (κ1) is 20.6. The van der Waals surface area contributed by atoms with Crippen LogP contribution in [0.5, 0.6) is 0 Å². The van der Waals surface area contributed by atoms with Gasteiger partial charge in [-0.2, -0.15) is 5.10 Å². The number of halogens is 1. The van der Waals surface area contributed by atoms with Gasteiger partial charge in [0.1, 0.15) is 5.82 Å². The van der Waals surface area contributed by atoms with E-state index in [1.807, 2.05) is 24.0 Å². The Labute approximate surface area is 190 Å². The zero-order valence-corrected chi connectivity index (χ0v) is 18.0. The average molecular weight is 440 g/mol. The number of nitrogen functional groups attached to an aromatic ring is 1. The molecule has 1 atom stereocenters. The lowest BCUT2D eigenvalue weighted by molar-refractivity contribution is 0.0737. The Balaban J connectivity index is 1.48. The molecule has 1 amide bonds. The summed E-state index contributed by atoms with van der Waals surface area (Å²) < 4.78 is 15.1. The van der Waals surface area contributed by atoms with Gasteiger partial charge in [0.2, 0.25) is 5.95 Å².